The van der Waals surface area contributed by atoms with Gasteiger partial charge < -0.3 is 9.64 Å². The van der Waals surface area contributed by atoms with Crippen molar-refractivity contribution >= 4 is 16.8 Å². The van der Waals surface area contributed by atoms with E-state index in [-0.39, 0.29) is 5.91 Å². The third kappa shape index (κ3) is 3.39. The highest BCUT2D eigenvalue weighted by atomic mass is 16.5. The summed E-state index contributed by atoms with van der Waals surface area (Å²) in [6, 6.07) is 15.9. The maximum Gasteiger partial charge on any atom is 0.254 e. The maximum atomic E-state index is 13.4. The minimum atomic E-state index is 0.0700. The van der Waals surface area contributed by atoms with Crippen LogP contribution in [0, 0.1) is 0 Å². The largest absolute Gasteiger partial charge is 0.494 e. The highest BCUT2D eigenvalue weighted by Gasteiger charge is 2.25. The molecule has 0 unspecified atom stereocenters. The summed E-state index contributed by atoms with van der Waals surface area (Å²) in [5.74, 6) is 0.925. The number of hydrogen-bond acceptors (Lipinski definition) is 3. The second-order valence-electron chi connectivity index (χ2n) is 7.02. The van der Waals surface area contributed by atoms with Crippen molar-refractivity contribution in [3.05, 3.63) is 70.9 Å². The van der Waals surface area contributed by atoms with Gasteiger partial charge in [-0.3, -0.25) is 9.78 Å². The summed E-state index contributed by atoms with van der Waals surface area (Å²) in [5, 5.41) is 0.960. The van der Waals surface area contributed by atoms with Crippen LogP contribution in [0.3, 0.4) is 0 Å². The van der Waals surface area contributed by atoms with Crippen molar-refractivity contribution in [2.24, 2.45) is 0 Å². The lowest BCUT2D eigenvalue weighted by atomic mass is 10.00. The van der Waals surface area contributed by atoms with E-state index in [2.05, 4.69) is 0 Å². The lowest BCUT2D eigenvalue weighted by molar-refractivity contribution is 0.0786. The van der Waals surface area contributed by atoms with Gasteiger partial charge in [-0.2, -0.15) is 0 Å². The summed E-state index contributed by atoms with van der Waals surface area (Å²) in [4.78, 5) is 20.0. The molecule has 0 N–H and O–H groups in total. The van der Waals surface area contributed by atoms with Crippen LogP contribution in [0.2, 0.25) is 0 Å². The van der Waals surface area contributed by atoms with Crippen molar-refractivity contribution in [3.8, 4) is 5.75 Å². The Balaban J connectivity index is 1.64. The molecule has 1 aromatic heterocycles. The number of pyridine rings is 1. The molecule has 1 aliphatic carbocycles. The van der Waals surface area contributed by atoms with Gasteiger partial charge in [0.2, 0.25) is 0 Å². The van der Waals surface area contributed by atoms with Gasteiger partial charge in [-0.05, 0) is 55.5 Å². The number of fused-ring (bicyclic) bond motifs is 2. The Kier molecular flexibility index (Phi) is 4.80. The van der Waals surface area contributed by atoms with Crippen LogP contribution in [0.15, 0.2) is 48.5 Å². The van der Waals surface area contributed by atoms with Gasteiger partial charge in [0.15, 0.2) is 0 Å². The van der Waals surface area contributed by atoms with Crippen molar-refractivity contribution in [2.75, 3.05) is 13.7 Å². The molecule has 0 atom stereocenters. The molecule has 138 valence electrons. The quantitative estimate of drug-likeness (QED) is 0.677. The average molecular weight is 360 g/mol. The molecule has 0 saturated carbocycles. The first-order chi connectivity index (χ1) is 13.2. The third-order valence-electron chi connectivity index (χ3n) is 5.13. The number of para-hydroxylation sites is 1. The molecule has 1 heterocycles. The zero-order valence-corrected chi connectivity index (χ0v) is 15.9. The summed E-state index contributed by atoms with van der Waals surface area (Å²) in [5.41, 5.74) is 5.06. The fourth-order valence-corrected chi connectivity index (χ4v) is 3.85. The van der Waals surface area contributed by atoms with E-state index in [1.807, 2.05) is 62.5 Å². The zero-order valence-electron chi connectivity index (χ0n) is 15.9. The van der Waals surface area contributed by atoms with Crippen LogP contribution >= 0.6 is 0 Å². The second-order valence-corrected chi connectivity index (χ2v) is 7.02. The summed E-state index contributed by atoms with van der Waals surface area (Å²) in [6.45, 7) is 3.19. The SMILES string of the molecule is CCOc1ccc(CN(C)C(=O)c2c3c(nc4ccccc24)CCC3)cc1. The molecule has 3 aromatic rings. The summed E-state index contributed by atoms with van der Waals surface area (Å²) in [7, 11) is 1.87. The Hall–Kier alpha value is -2.88. The van der Waals surface area contributed by atoms with Crippen molar-refractivity contribution in [1.82, 2.24) is 9.88 Å². The van der Waals surface area contributed by atoms with Gasteiger partial charge in [0.25, 0.3) is 5.91 Å². The molecule has 1 amide bonds. The van der Waals surface area contributed by atoms with E-state index in [4.69, 9.17) is 9.72 Å². The molecule has 27 heavy (non-hydrogen) atoms. The number of rotatable bonds is 5. The number of ether oxygens (including phenoxy) is 1. The lowest BCUT2D eigenvalue weighted by Gasteiger charge is -2.20. The number of amides is 1. The fraction of sp³-hybridized carbons (Fsp3) is 0.304. The summed E-state index contributed by atoms with van der Waals surface area (Å²) in [6.07, 6.45) is 2.97. The fourth-order valence-electron chi connectivity index (χ4n) is 3.85. The van der Waals surface area contributed by atoms with Gasteiger partial charge in [-0.1, -0.05) is 30.3 Å². The second kappa shape index (κ2) is 7.39. The smallest absolute Gasteiger partial charge is 0.254 e. The number of aromatic nitrogens is 1. The minimum Gasteiger partial charge on any atom is -0.494 e. The number of benzene rings is 2. The van der Waals surface area contributed by atoms with E-state index in [0.29, 0.717) is 13.2 Å². The van der Waals surface area contributed by atoms with Gasteiger partial charge >= 0.3 is 0 Å². The normalized spacial score (nSPS) is 12.8. The Morgan fingerprint density at radius 1 is 1.11 bits per heavy atom. The number of aryl methyl sites for hydroxylation is 1. The zero-order chi connectivity index (χ0) is 18.8. The van der Waals surface area contributed by atoms with Crippen molar-refractivity contribution < 1.29 is 9.53 Å². The molecular formula is C23H24N2O2. The number of hydrogen-bond donors (Lipinski definition) is 0. The first-order valence-electron chi connectivity index (χ1n) is 9.55. The summed E-state index contributed by atoms with van der Waals surface area (Å²) < 4.78 is 5.49. The van der Waals surface area contributed by atoms with E-state index in [1.165, 1.54) is 0 Å². The van der Waals surface area contributed by atoms with Gasteiger partial charge in [-0.15, -0.1) is 0 Å². The van der Waals surface area contributed by atoms with Crippen LogP contribution in [-0.4, -0.2) is 29.4 Å². The topological polar surface area (TPSA) is 42.4 Å². The molecule has 0 radical (unpaired) electrons. The summed E-state index contributed by atoms with van der Waals surface area (Å²) >= 11 is 0. The van der Waals surface area contributed by atoms with Crippen LogP contribution in [0.1, 0.15) is 40.5 Å². The van der Waals surface area contributed by atoms with Gasteiger partial charge in [0.05, 0.1) is 17.7 Å². The van der Waals surface area contributed by atoms with Gasteiger partial charge in [0.1, 0.15) is 5.75 Å². The van der Waals surface area contributed by atoms with Gasteiger partial charge in [-0.25, -0.2) is 0 Å². The van der Waals surface area contributed by atoms with Crippen molar-refractivity contribution in [2.45, 2.75) is 32.7 Å². The van der Waals surface area contributed by atoms with E-state index < -0.39 is 0 Å². The van der Waals surface area contributed by atoms with Gasteiger partial charge in [0, 0.05) is 24.7 Å². The minimum absolute atomic E-state index is 0.0700. The molecule has 4 rings (SSSR count). The third-order valence-corrected chi connectivity index (χ3v) is 5.13. The predicted octanol–water partition coefficient (Wildman–Crippen LogP) is 4.39. The van der Waals surface area contributed by atoms with Crippen molar-refractivity contribution in [1.29, 1.82) is 0 Å². The lowest BCUT2D eigenvalue weighted by Crippen LogP contribution is -2.27. The predicted molar refractivity (Wildman–Crippen MR) is 107 cm³/mol. The molecule has 4 heteroatoms. The molecule has 0 bridgehead atoms. The number of carbonyl (C=O) groups excluding carboxylic acids is 1. The molecule has 0 aliphatic heterocycles. The Labute approximate surface area is 159 Å². The van der Waals surface area contributed by atoms with E-state index >= 15 is 0 Å². The van der Waals surface area contributed by atoms with E-state index in [0.717, 1.165) is 58.3 Å². The van der Waals surface area contributed by atoms with Crippen LogP contribution in [-0.2, 0) is 19.4 Å². The Morgan fingerprint density at radius 2 is 1.89 bits per heavy atom. The molecule has 4 nitrogen and oxygen atoms in total. The van der Waals surface area contributed by atoms with Crippen LogP contribution in [0.5, 0.6) is 5.75 Å². The van der Waals surface area contributed by atoms with E-state index in [1.54, 1.807) is 4.90 Å². The Bertz CT molecular complexity index is 980. The Morgan fingerprint density at radius 3 is 2.67 bits per heavy atom. The molecule has 2 aromatic carbocycles. The molecule has 0 fully saturated rings. The van der Waals surface area contributed by atoms with E-state index in [9.17, 15) is 4.79 Å². The molecular weight excluding hydrogens is 336 g/mol. The molecule has 1 aliphatic rings. The maximum absolute atomic E-state index is 13.4. The first-order valence-corrected chi connectivity index (χ1v) is 9.55. The first kappa shape index (κ1) is 17.5. The van der Waals surface area contributed by atoms with Crippen LogP contribution < -0.4 is 4.74 Å². The average Bonchev–Trinajstić information content (AvgIpc) is 3.15. The standard InChI is InChI=1S/C23H24N2O2/c1-3-27-17-13-11-16(12-14-17)15-25(2)23(26)22-18-7-4-5-9-20(18)24-21-10-6-8-19(21)22/h4-5,7,9,11-14H,3,6,8,10,15H2,1-2H3. The van der Waals surface area contributed by atoms with Crippen molar-refractivity contribution in [3.63, 3.8) is 0 Å². The molecule has 0 saturated heterocycles. The highest BCUT2D eigenvalue weighted by molar-refractivity contribution is 6.07. The van der Waals surface area contributed by atoms with Crippen LogP contribution in [0.25, 0.3) is 10.9 Å². The highest BCUT2D eigenvalue weighted by Crippen LogP contribution is 2.31. The monoisotopic (exact) mass is 360 g/mol. The molecule has 0 spiro atoms. The van der Waals surface area contributed by atoms with Crippen LogP contribution in [0.4, 0.5) is 0 Å². The number of carbonyl (C=O) groups is 1. The number of nitrogens with zero attached hydrogens (tertiary/aromatic N) is 2.